The SMILES string of the molecule is CC(O)CN(C)C(=O)NC1CCCc2cc(F)ccc21. The fourth-order valence-electron chi connectivity index (χ4n) is 2.67. The maximum Gasteiger partial charge on any atom is 0.317 e. The van der Waals surface area contributed by atoms with E-state index in [0.717, 1.165) is 30.4 Å². The second kappa shape index (κ2) is 6.22. The molecule has 110 valence electrons. The van der Waals surface area contributed by atoms with E-state index in [0.29, 0.717) is 0 Å². The van der Waals surface area contributed by atoms with Gasteiger partial charge in [0.2, 0.25) is 0 Å². The summed E-state index contributed by atoms with van der Waals surface area (Å²) in [6.07, 6.45) is 2.08. The highest BCUT2D eigenvalue weighted by Crippen LogP contribution is 2.30. The predicted octanol–water partition coefficient (Wildman–Crippen LogP) is 2.23. The minimum atomic E-state index is -0.557. The molecule has 0 aromatic heterocycles. The summed E-state index contributed by atoms with van der Waals surface area (Å²) in [6.45, 7) is 1.93. The second-order valence-corrected chi connectivity index (χ2v) is 5.47. The number of aliphatic hydroxyl groups is 1. The molecule has 0 heterocycles. The highest BCUT2D eigenvalue weighted by atomic mass is 19.1. The Morgan fingerprint density at radius 3 is 3.05 bits per heavy atom. The van der Waals surface area contributed by atoms with Crippen molar-refractivity contribution in [2.45, 2.75) is 38.3 Å². The third kappa shape index (κ3) is 3.48. The highest BCUT2D eigenvalue weighted by Gasteiger charge is 2.23. The summed E-state index contributed by atoms with van der Waals surface area (Å²) in [5.41, 5.74) is 1.97. The number of aryl methyl sites for hydroxylation is 1. The standard InChI is InChI=1S/C15H21FN2O2/c1-10(19)9-18(2)15(20)17-14-5-3-4-11-8-12(16)6-7-13(11)14/h6-8,10,14,19H,3-5,9H2,1-2H3,(H,17,20). The fourth-order valence-corrected chi connectivity index (χ4v) is 2.67. The number of carbonyl (C=O) groups excluding carboxylic acids is 1. The van der Waals surface area contributed by atoms with Crippen molar-refractivity contribution in [1.82, 2.24) is 10.2 Å². The van der Waals surface area contributed by atoms with Gasteiger partial charge in [0.1, 0.15) is 5.82 Å². The summed E-state index contributed by atoms with van der Waals surface area (Å²) in [7, 11) is 1.65. The number of likely N-dealkylation sites (N-methyl/N-ethyl adjacent to an activating group) is 1. The van der Waals surface area contributed by atoms with Crippen LogP contribution in [0.3, 0.4) is 0 Å². The molecule has 0 spiro atoms. The Kier molecular flexibility index (Phi) is 4.60. The van der Waals surface area contributed by atoms with Crippen LogP contribution >= 0.6 is 0 Å². The summed E-state index contributed by atoms with van der Waals surface area (Å²) >= 11 is 0. The fraction of sp³-hybridized carbons (Fsp3) is 0.533. The van der Waals surface area contributed by atoms with Crippen LogP contribution in [0.2, 0.25) is 0 Å². The van der Waals surface area contributed by atoms with E-state index in [9.17, 15) is 14.3 Å². The molecule has 20 heavy (non-hydrogen) atoms. The number of rotatable bonds is 3. The molecular formula is C15H21FN2O2. The summed E-state index contributed by atoms with van der Waals surface area (Å²) in [5.74, 6) is -0.234. The number of aliphatic hydroxyl groups excluding tert-OH is 1. The topological polar surface area (TPSA) is 52.6 Å². The van der Waals surface area contributed by atoms with Crippen molar-refractivity contribution in [3.63, 3.8) is 0 Å². The van der Waals surface area contributed by atoms with E-state index in [1.54, 1.807) is 26.1 Å². The van der Waals surface area contributed by atoms with E-state index in [2.05, 4.69) is 5.32 Å². The third-order valence-corrected chi connectivity index (χ3v) is 3.60. The molecule has 4 nitrogen and oxygen atoms in total. The number of amides is 2. The normalized spacial score (nSPS) is 19.1. The Hall–Kier alpha value is -1.62. The Morgan fingerprint density at radius 1 is 1.60 bits per heavy atom. The molecule has 0 radical (unpaired) electrons. The van der Waals surface area contributed by atoms with Crippen LogP contribution in [0.1, 0.15) is 36.9 Å². The van der Waals surface area contributed by atoms with Crippen LogP contribution in [0.15, 0.2) is 18.2 Å². The number of benzene rings is 1. The first-order valence-corrected chi connectivity index (χ1v) is 6.95. The highest BCUT2D eigenvalue weighted by molar-refractivity contribution is 5.74. The number of carbonyl (C=O) groups is 1. The van der Waals surface area contributed by atoms with Gasteiger partial charge < -0.3 is 15.3 Å². The van der Waals surface area contributed by atoms with Crippen LogP contribution in [0.25, 0.3) is 0 Å². The molecule has 0 aliphatic heterocycles. The Balaban J connectivity index is 2.06. The zero-order valence-corrected chi connectivity index (χ0v) is 11.9. The van der Waals surface area contributed by atoms with Crippen LogP contribution in [-0.2, 0) is 6.42 Å². The Bertz CT molecular complexity index is 491. The van der Waals surface area contributed by atoms with Crippen LogP contribution in [0.4, 0.5) is 9.18 Å². The lowest BCUT2D eigenvalue weighted by molar-refractivity contribution is 0.142. The number of hydrogen-bond donors (Lipinski definition) is 2. The summed E-state index contributed by atoms with van der Waals surface area (Å²) in [4.78, 5) is 13.5. The van der Waals surface area contributed by atoms with Crippen molar-refractivity contribution in [2.75, 3.05) is 13.6 Å². The van der Waals surface area contributed by atoms with Gasteiger partial charge in [-0.2, -0.15) is 0 Å². The molecule has 2 unspecified atom stereocenters. The summed E-state index contributed by atoms with van der Waals surface area (Å²) < 4.78 is 13.2. The number of nitrogens with one attached hydrogen (secondary N) is 1. The van der Waals surface area contributed by atoms with Crippen molar-refractivity contribution >= 4 is 6.03 Å². The molecule has 2 N–H and O–H groups in total. The first-order chi connectivity index (χ1) is 9.47. The van der Waals surface area contributed by atoms with E-state index >= 15 is 0 Å². The van der Waals surface area contributed by atoms with Gasteiger partial charge in [-0.05, 0) is 49.4 Å². The van der Waals surface area contributed by atoms with Gasteiger partial charge in [0.15, 0.2) is 0 Å². The van der Waals surface area contributed by atoms with Gasteiger partial charge in [0.25, 0.3) is 0 Å². The molecule has 1 aromatic rings. The van der Waals surface area contributed by atoms with Crippen molar-refractivity contribution in [2.24, 2.45) is 0 Å². The first-order valence-electron chi connectivity index (χ1n) is 6.95. The van der Waals surface area contributed by atoms with E-state index in [-0.39, 0.29) is 24.4 Å². The molecular weight excluding hydrogens is 259 g/mol. The molecule has 2 atom stereocenters. The molecule has 1 aliphatic carbocycles. The van der Waals surface area contributed by atoms with E-state index in [1.165, 1.54) is 11.0 Å². The number of halogens is 1. The zero-order valence-electron chi connectivity index (χ0n) is 11.9. The smallest absolute Gasteiger partial charge is 0.317 e. The van der Waals surface area contributed by atoms with Crippen LogP contribution in [0.5, 0.6) is 0 Å². The average Bonchev–Trinajstić information content (AvgIpc) is 2.37. The predicted molar refractivity (Wildman–Crippen MR) is 74.9 cm³/mol. The van der Waals surface area contributed by atoms with Gasteiger partial charge in [-0.15, -0.1) is 0 Å². The molecule has 1 aliphatic rings. The zero-order chi connectivity index (χ0) is 14.7. The van der Waals surface area contributed by atoms with Gasteiger partial charge >= 0.3 is 6.03 Å². The maximum atomic E-state index is 13.2. The van der Waals surface area contributed by atoms with Gasteiger partial charge in [0.05, 0.1) is 12.1 Å². The molecule has 0 saturated heterocycles. The quantitative estimate of drug-likeness (QED) is 0.892. The van der Waals surface area contributed by atoms with Crippen LogP contribution in [-0.4, -0.2) is 35.7 Å². The largest absolute Gasteiger partial charge is 0.392 e. The number of fused-ring (bicyclic) bond motifs is 1. The lowest BCUT2D eigenvalue weighted by Crippen LogP contribution is -2.42. The molecule has 2 rings (SSSR count). The Labute approximate surface area is 118 Å². The van der Waals surface area contributed by atoms with Crippen molar-refractivity contribution < 1.29 is 14.3 Å². The lowest BCUT2D eigenvalue weighted by Gasteiger charge is -2.29. The van der Waals surface area contributed by atoms with Crippen LogP contribution in [0, 0.1) is 5.82 Å². The van der Waals surface area contributed by atoms with Gasteiger partial charge in [0, 0.05) is 13.6 Å². The lowest BCUT2D eigenvalue weighted by atomic mass is 9.87. The molecule has 2 amide bonds. The number of hydrogen-bond acceptors (Lipinski definition) is 2. The monoisotopic (exact) mass is 280 g/mol. The Morgan fingerprint density at radius 2 is 2.35 bits per heavy atom. The van der Waals surface area contributed by atoms with Crippen molar-refractivity contribution in [3.05, 3.63) is 35.1 Å². The van der Waals surface area contributed by atoms with E-state index in [1.807, 2.05) is 0 Å². The second-order valence-electron chi connectivity index (χ2n) is 5.47. The van der Waals surface area contributed by atoms with Crippen molar-refractivity contribution in [1.29, 1.82) is 0 Å². The summed E-state index contributed by atoms with van der Waals surface area (Å²) in [6, 6.07) is 4.44. The van der Waals surface area contributed by atoms with Gasteiger partial charge in [-0.1, -0.05) is 6.07 Å². The van der Waals surface area contributed by atoms with E-state index < -0.39 is 6.10 Å². The average molecular weight is 280 g/mol. The first kappa shape index (κ1) is 14.8. The van der Waals surface area contributed by atoms with Crippen molar-refractivity contribution in [3.8, 4) is 0 Å². The number of urea groups is 1. The van der Waals surface area contributed by atoms with Gasteiger partial charge in [-0.3, -0.25) is 0 Å². The maximum absolute atomic E-state index is 13.2. The molecule has 0 bridgehead atoms. The minimum Gasteiger partial charge on any atom is -0.392 e. The molecule has 0 saturated carbocycles. The number of nitrogens with zero attached hydrogens (tertiary/aromatic N) is 1. The van der Waals surface area contributed by atoms with Crippen LogP contribution < -0.4 is 5.32 Å². The molecule has 1 aromatic carbocycles. The minimum absolute atomic E-state index is 0.0803. The molecule has 0 fully saturated rings. The summed E-state index contributed by atoms with van der Waals surface area (Å²) in [5, 5.41) is 12.3. The van der Waals surface area contributed by atoms with E-state index in [4.69, 9.17) is 0 Å². The van der Waals surface area contributed by atoms with Gasteiger partial charge in [-0.25, -0.2) is 9.18 Å². The third-order valence-electron chi connectivity index (χ3n) is 3.60. The molecule has 5 heteroatoms.